The van der Waals surface area contributed by atoms with Crippen LogP contribution in [0.15, 0.2) is 42.5 Å². The van der Waals surface area contributed by atoms with Crippen LogP contribution in [0.2, 0.25) is 0 Å². The lowest BCUT2D eigenvalue weighted by atomic mass is 9.88. The molecule has 0 fully saturated rings. The Labute approximate surface area is 95.7 Å². The lowest BCUT2D eigenvalue weighted by molar-refractivity contribution is 0.0519. The van der Waals surface area contributed by atoms with E-state index in [1.165, 1.54) is 0 Å². The van der Waals surface area contributed by atoms with Crippen LogP contribution in [0.25, 0.3) is 10.8 Å². The van der Waals surface area contributed by atoms with Crippen LogP contribution in [0.1, 0.15) is 18.9 Å². The quantitative estimate of drug-likeness (QED) is 0.825. The third-order valence-electron chi connectivity index (χ3n) is 3.00. The monoisotopic (exact) mass is 215 g/mol. The van der Waals surface area contributed by atoms with Crippen LogP contribution in [0.5, 0.6) is 0 Å². The molecule has 3 N–H and O–H groups in total. The first-order valence-electron chi connectivity index (χ1n) is 5.56. The Hall–Kier alpha value is -1.38. The van der Waals surface area contributed by atoms with E-state index in [1.807, 2.05) is 37.3 Å². The van der Waals surface area contributed by atoms with Crippen LogP contribution in [-0.2, 0) is 5.60 Å². The van der Waals surface area contributed by atoms with Crippen molar-refractivity contribution in [2.75, 3.05) is 6.54 Å². The highest BCUT2D eigenvalue weighted by atomic mass is 16.3. The third-order valence-corrected chi connectivity index (χ3v) is 3.00. The van der Waals surface area contributed by atoms with Gasteiger partial charge in [0.1, 0.15) is 0 Å². The summed E-state index contributed by atoms with van der Waals surface area (Å²) in [4.78, 5) is 0. The van der Waals surface area contributed by atoms with E-state index >= 15 is 0 Å². The molecule has 0 aliphatic rings. The minimum atomic E-state index is -0.852. The zero-order chi connectivity index (χ0) is 11.6. The van der Waals surface area contributed by atoms with Crippen LogP contribution < -0.4 is 5.73 Å². The molecule has 0 amide bonds. The lowest BCUT2D eigenvalue weighted by Crippen LogP contribution is -2.25. The second kappa shape index (κ2) is 4.24. The second-order valence-electron chi connectivity index (χ2n) is 4.34. The van der Waals surface area contributed by atoms with Crippen molar-refractivity contribution in [2.24, 2.45) is 5.73 Å². The molecular weight excluding hydrogens is 198 g/mol. The van der Waals surface area contributed by atoms with Crippen molar-refractivity contribution in [1.29, 1.82) is 0 Å². The molecule has 1 unspecified atom stereocenters. The summed E-state index contributed by atoms with van der Waals surface area (Å²) >= 11 is 0. The standard InChI is InChI=1S/C14H17NO/c1-14(16,9-10-15)13-8-4-6-11-5-2-3-7-12(11)13/h2-8,16H,9-10,15H2,1H3. The first kappa shape index (κ1) is 11.1. The molecule has 0 bridgehead atoms. The molecule has 2 aromatic carbocycles. The normalized spacial score (nSPS) is 14.9. The third kappa shape index (κ3) is 1.94. The van der Waals surface area contributed by atoms with E-state index in [0.29, 0.717) is 13.0 Å². The van der Waals surface area contributed by atoms with Gasteiger partial charge in [-0.3, -0.25) is 0 Å². The molecular formula is C14H17NO. The van der Waals surface area contributed by atoms with Gasteiger partial charge >= 0.3 is 0 Å². The van der Waals surface area contributed by atoms with Gasteiger partial charge in [-0.1, -0.05) is 42.5 Å². The zero-order valence-electron chi connectivity index (χ0n) is 9.48. The molecule has 0 aromatic heterocycles. The number of fused-ring (bicyclic) bond motifs is 1. The summed E-state index contributed by atoms with van der Waals surface area (Å²) in [6, 6.07) is 14.1. The van der Waals surface area contributed by atoms with Gasteiger partial charge in [0, 0.05) is 0 Å². The summed E-state index contributed by atoms with van der Waals surface area (Å²) in [5.41, 5.74) is 5.64. The maximum atomic E-state index is 10.4. The van der Waals surface area contributed by atoms with Crippen molar-refractivity contribution in [2.45, 2.75) is 18.9 Å². The Bertz CT molecular complexity index is 486. The van der Waals surface area contributed by atoms with E-state index in [2.05, 4.69) is 12.1 Å². The summed E-state index contributed by atoms with van der Waals surface area (Å²) in [6.07, 6.45) is 0.570. The molecule has 0 radical (unpaired) electrons. The fraction of sp³-hybridized carbons (Fsp3) is 0.286. The Balaban J connectivity index is 2.60. The van der Waals surface area contributed by atoms with E-state index in [9.17, 15) is 5.11 Å². The Kier molecular flexibility index (Phi) is 2.95. The summed E-state index contributed by atoms with van der Waals surface area (Å²) in [6.45, 7) is 2.30. The SMILES string of the molecule is CC(O)(CCN)c1cccc2ccccc12. The van der Waals surface area contributed by atoms with Crippen molar-refractivity contribution >= 4 is 10.8 Å². The first-order chi connectivity index (χ1) is 7.65. The van der Waals surface area contributed by atoms with Gasteiger partial charge in [-0.2, -0.15) is 0 Å². The van der Waals surface area contributed by atoms with Crippen LogP contribution in [0, 0.1) is 0 Å². The molecule has 0 saturated heterocycles. The largest absolute Gasteiger partial charge is 0.385 e. The molecule has 2 nitrogen and oxygen atoms in total. The Morgan fingerprint density at radius 2 is 1.81 bits per heavy atom. The molecule has 0 aliphatic carbocycles. The fourth-order valence-electron chi connectivity index (χ4n) is 2.11. The summed E-state index contributed by atoms with van der Waals surface area (Å²) in [5.74, 6) is 0. The van der Waals surface area contributed by atoms with Gasteiger partial charge in [0.2, 0.25) is 0 Å². The fourth-order valence-corrected chi connectivity index (χ4v) is 2.11. The molecule has 2 heteroatoms. The highest BCUT2D eigenvalue weighted by Crippen LogP contribution is 2.30. The topological polar surface area (TPSA) is 46.2 Å². The minimum absolute atomic E-state index is 0.482. The Morgan fingerprint density at radius 1 is 1.12 bits per heavy atom. The molecule has 2 aromatic rings. The van der Waals surface area contributed by atoms with Crippen molar-refractivity contribution in [3.05, 3.63) is 48.0 Å². The van der Waals surface area contributed by atoms with Gasteiger partial charge in [-0.15, -0.1) is 0 Å². The predicted octanol–water partition coefficient (Wildman–Crippen LogP) is 2.40. The van der Waals surface area contributed by atoms with Gasteiger partial charge in [0.15, 0.2) is 0 Å². The van der Waals surface area contributed by atoms with Crippen LogP contribution in [0.3, 0.4) is 0 Å². The number of rotatable bonds is 3. The molecule has 16 heavy (non-hydrogen) atoms. The van der Waals surface area contributed by atoms with Crippen molar-refractivity contribution in [3.8, 4) is 0 Å². The van der Waals surface area contributed by atoms with Crippen molar-refractivity contribution in [1.82, 2.24) is 0 Å². The van der Waals surface area contributed by atoms with Crippen LogP contribution in [-0.4, -0.2) is 11.7 Å². The first-order valence-corrected chi connectivity index (χ1v) is 5.56. The minimum Gasteiger partial charge on any atom is -0.385 e. The number of aliphatic hydroxyl groups is 1. The molecule has 1 atom stereocenters. The average Bonchev–Trinajstić information content (AvgIpc) is 2.28. The Morgan fingerprint density at radius 3 is 2.56 bits per heavy atom. The highest BCUT2D eigenvalue weighted by molar-refractivity contribution is 5.86. The number of hydrogen-bond donors (Lipinski definition) is 2. The summed E-state index contributed by atoms with van der Waals surface area (Å²) < 4.78 is 0. The molecule has 84 valence electrons. The maximum Gasteiger partial charge on any atom is 0.0886 e. The molecule has 0 spiro atoms. The van der Waals surface area contributed by atoms with E-state index in [4.69, 9.17) is 5.73 Å². The lowest BCUT2D eigenvalue weighted by Gasteiger charge is -2.24. The van der Waals surface area contributed by atoms with Gasteiger partial charge in [-0.25, -0.2) is 0 Å². The smallest absolute Gasteiger partial charge is 0.0886 e. The van der Waals surface area contributed by atoms with Gasteiger partial charge in [0.25, 0.3) is 0 Å². The zero-order valence-corrected chi connectivity index (χ0v) is 9.48. The number of hydrogen-bond acceptors (Lipinski definition) is 2. The van der Waals surface area contributed by atoms with Gasteiger partial charge < -0.3 is 10.8 Å². The molecule has 2 rings (SSSR count). The number of nitrogens with two attached hydrogens (primary N) is 1. The maximum absolute atomic E-state index is 10.4. The molecule has 0 saturated carbocycles. The van der Waals surface area contributed by atoms with E-state index < -0.39 is 5.60 Å². The summed E-state index contributed by atoms with van der Waals surface area (Å²) in [7, 11) is 0. The average molecular weight is 215 g/mol. The second-order valence-corrected chi connectivity index (χ2v) is 4.34. The van der Waals surface area contributed by atoms with Crippen molar-refractivity contribution in [3.63, 3.8) is 0 Å². The van der Waals surface area contributed by atoms with Gasteiger partial charge in [-0.05, 0) is 36.2 Å². The van der Waals surface area contributed by atoms with E-state index in [-0.39, 0.29) is 0 Å². The summed E-state index contributed by atoms with van der Waals surface area (Å²) in [5, 5.41) is 12.7. The van der Waals surface area contributed by atoms with Crippen LogP contribution >= 0.6 is 0 Å². The van der Waals surface area contributed by atoms with Crippen molar-refractivity contribution < 1.29 is 5.11 Å². The van der Waals surface area contributed by atoms with E-state index in [0.717, 1.165) is 16.3 Å². The molecule has 0 heterocycles. The highest BCUT2D eigenvalue weighted by Gasteiger charge is 2.23. The predicted molar refractivity (Wildman–Crippen MR) is 67.2 cm³/mol. The number of benzene rings is 2. The van der Waals surface area contributed by atoms with E-state index in [1.54, 1.807) is 0 Å². The van der Waals surface area contributed by atoms with Gasteiger partial charge in [0.05, 0.1) is 5.60 Å². The molecule has 0 aliphatic heterocycles. The van der Waals surface area contributed by atoms with Crippen LogP contribution in [0.4, 0.5) is 0 Å².